The molecule has 1 aliphatic heterocycles. The lowest BCUT2D eigenvalue weighted by Crippen LogP contribution is -2.56. The van der Waals surface area contributed by atoms with Crippen molar-refractivity contribution in [3.05, 3.63) is 0 Å². The number of rotatable bonds is 2. The van der Waals surface area contributed by atoms with Crippen LogP contribution in [-0.2, 0) is 14.3 Å². The number of ether oxygens (including phenoxy) is 2. The highest BCUT2D eigenvalue weighted by Crippen LogP contribution is 2.65. The molecule has 2 aliphatic carbocycles. The van der Waals surface area contributed by atoms with Gasteiger partial charge in [-0.25, -0.2) is 0 Å². The lowest BCUT2D eigenvalue weighted by Gasteiger charge is -2.52. The van der Waals surface area contributed by atoms with Crippen LogP contribution in [0.3, 0.4) is 0 Å². The van der Waals surface area contributed by atoms with E-state index in [1.807, 2.05) is 6.92 Å². The number of carbonyl (C=O) groups is 1. The van der Waals surface area contributed by atoms with Crippen molar-refractivity contribution in [1.29, 1.82) is 0 Å². The molecule has 2 unspecified atom stereocenters. The van der Waals surface area contributed by atoms with Gasteiger partial charge in [0, 0.05) is 23.7 Å². The monoisotopic (exact) mass is 252 g/mol. The summed E-state index contributed by atoms with van der Waals surface area (Å²) in [5.74, 6) is 0.468. The van der Waals surface area contributed by atoms with Crippen LogP contribution >= 0.6 is 0 Å². The first-order chi connectivity index (χ1) is 8.46. The minimum atomic E-state index is -0.503. The van der Waals surface area contributed by atoms with Crippen molar-refractivity contribution >= 4 is 5.78 Å². The van der Waals surface area contributed by atoms with E-state index in [1.165, 1.54) is 0 Å². The largest absolute Gasteiger partial charge is 0.347 e. The van der Waals surface area contributed by atoms with Gasteiger partial charge in [0.15, 0.2) is 5.79 Å². The smallest absolute Gasteiger partial charge is 0.174 e. The quantitative estimate of drug-likeness (QED) is 0.758. The SMILES string of the molecule is CCC(=O)C12CCC(C1)C(C)(C)C1(C2)OCCO1. The first kappa shape index (κ1) is 12.6. The van der Waals surface area contributed by atoms with E-state index in [2.05, 4.69) is 13.8 Å². The zero-order valence-corrected chi connectivity index (χ0v) is 11.8. The molecule has 2 atom stereocenters. The maximum absolute atomic E-state index is 12.4. The van der Waals surface area contributed by atoms with Crippen LogP contribution in [0.5, 0.6) is 0 Å². The number of fused-ring (bicyclic) bond motifs is 2. The Morgan fingerprint density at radius 2 is 1.94 bits per heavy atom. The van der Waals surface area contributed by atoms with Crippen LogP contribution in [0, 0.1) is 16.7 Å². The molecule has 0 amide bonds. The number of hydrogen-bond acceptors (Lipinski definition) is 3. The zero-order chi connectivity index (χ0) is 13.0. The Hall–Kier alpha value is -0.410. The molecule has 102 valence electrons. The second-order valence-electron chi connectivity index (χ2n) is 6.85. The zero-order valence-electron chi connectivity index (χ0n) is 11.8. The van der Waals surface area contributed by atoms with Crippen LogP contribution in [0.1, 0.15) is 52.9 Å². The van der Waals surface area contributed by atoms with E-state index in [0.29, 0.717) is 31.3 Å². The molecule has 3 rings (SSSR count). The molecule has 3 nitrogen and oxygen atoms in total. The maximum Gasteiger partial charge on any atom is 0.174 e. The molecule has 2 saturated carbocycles. The summed E-state index contributed by atoms with van der Waals surface area (Å²) in [5.41, 5.74) is -0.128. The van der Waals surface area contributed by atoms with Gasteiger partial charge in [-0.15, -0.1) is 0 Å². The first-order valence-corrected chi connectivity index (χ1v) is 7.27. The van der Waals surface area contributed by atoms with E-state index in [1.54, 1.807) is 0 Å². The summed E-state index contributed by atoms with van der Waals surface area (Å²) in [6.07, 6.45) is 4.63. The fraction of sp³-hybridized carbons (Fsp3) is 0.933. The summed E-state index contributed by atoms with van der Waals surface area (Å²) < 4.78 is 12.0. The lowest BCUT2D eigenvalue weighted by molar-refractivity contribution is -0.271. The van der Waals surface area contributed by atoms with E-state index >= 15 is 0 Å². The highest BCUT2D eigenvalue weighted by molar-refractivity contribution is 5.85. The summed E-state index contributed by atoms with van der Waals surface area (Å²) >= 11 is 0. The minimum absolute atomic E-state index is 0.0253. The van der Waals surface area contributed by atoms with E-state index in [-0.39, 0.29) is 10.8 Å². The molecule has 0 aromatic heterocycles. The molecule has 2 bridgehead atoms. The van der Waals surface area contributed by atoms with Crippen LogP contribution < -0.4 is 0 Å². The molecule has 3 aliphatic rings. The minimum Gasteiger partial charge on any atom is -0.347 e. The van der Waals surface area contributed by atoms with Gasteiger partial charge in [-0.05, 0) is 25.2 Å². The lowest BCUT2D eigenvalue weighted by atomic mass is 9.59. The molecule has 0 radical (unpaired) electrons. The molecule has 1 saturated heterocycles. The topological polar surface area (TPSA) is 35.5 Å². The Labute approximate surface area is 109 Å². The molecule has 18 heavy (non-hydrogen) atoms. The molecular weight excluding hydrogens is 228 g/mol. The average Bonchev–Trinajstić information content (AvgIpc) is 2.95. The summed E-state index contributed by atoms with van der Waals surface area (Å²) in [7, 11) is 0. The van der Waals surface area contributed by atoms with Gasteiger partial charge in [-0.1, -0.05) is 20.8 Å². The number of Topliss-reactive ketones (excluding diaryl/α,β-unsaturated/α-hetero) is 1. The van der Waals surface area contributed by atoms with Crippen molar-refractivity contribution < 1.29 is 14.3 Å². The Bertz CT molecular complexity index is 368. The number of carbonyl (C=O) groups excluding carboxylic acids is 1. The molecule has 1 spiro atoms. The predicted molar refractivity (Wildman–Crippen MR) is 68.1 cm³/mol. The van der Waals surface area contributed by atoms with Gasteiger partial charge in [0.25, 0.3) is 0 Å². The fourth-order valence-electron chi connectivity index (χ4n) is 4.54. The standard InChI is InChI=1S/C15H24O3/c1-4-12(16)14-6-5-11(9-14)13(2,3)15(10-14)17-7-8-18-15/h11H,4-10H2,1-3H3. The average molecular weight is 252 g/mol. The molecule has 3 heteroatoms. The van der Waals surface area contributed by atoms with Gasteiger partial charge < -0.3 is 9.47 Å². The van der Waals surface area contributed by atoms with Gasteiger partial charge in [0.1, 0.15) is 5.78 Å². The Balaban J connectivity index is 1.99. The third-order valence-corrected chi connectivity index (χ3v) is 5.85. The van der Waals surface area contributed by atoms with Crippen molar-refractivity contribution in [3.8, 4) is 0 Å². The summed E-state index contributed by atoms with van der Waals surface area (Å²) in [5, 5.41) is 0. The Morgan fingerprint density at radius 1 is 1.28 bits per heavy atom. The van der Waals surface area contributed by atoms with E-state index in [0.717, 1.165) is 25.7 Å². The van der Waals surface area contributed by atoms with Crippen molar-refractivity contribution in [3.63, 3.8) is 0 Å². The Kier molecular flexibility index (Phi) is 2.66. The van der Waals surface area contributed by atoms with E-state index in [9.17, 15) is 4.79 Å². The molecule has 3 fully saturated rings. The van der Waals surface area contributed by atoms with E-state index < -0.39 is 5.79 Å². The van der Waals surface area contributed by atoms with Gasteiger partial charge in [-0.3, -0.25) is 4.79 Å². The predicted octanol–water partition coefficient (Wildman–Crippen LogP) is 2.93. The van der Waals surface area contributed by atoms with Gasteiger partial charge in [0.2, 0.25) is 0 Å². The van der Waals surface area contributed by atoms with Crippen LogP contribution in [0.2, 0.25) is 0 Å². The van der Waals surface area contributed by atoms with Gasteiger partial charge in [0.05, 0.1) is 13.2 Å². The van der Waals surface area contributed by atoms with Crippen molar-refractivity contribution in [1.82, 2.24) is 0 Å². The molecule has 0 aromatic rings. The molecular formula is C15H24O3. The first-order valence-electron chi connectivity index (χ1n) is 7.27. The summed E-state index contributed by atoms with van der Waals surface area (Å²) in [4.78, 5) is 12.4. The third-order valence-electron chi connectivity index (χ3n) is 5.85. The second kappa shape index (κ2) is 3.80. The van der Waals surface area contributed by atoms with Crippen LogP contribution in [0.25, 0.3) is 0 Å². The van der Waals surface area contributed by atoms with Crippen molar-refractivity contribution in [2.24, 2.45) is 16.7 Å². The summed E-state index contributed by atoms with van der Waals surface area (Å²) in [6, 6.07) is 0. The van der Waals surface area contributed by atoms with Crippen molar-refractivity contribution in [2.75, 3.05) is 13.2 Å². The molecule has 0 N–H and O–H groups in total. The van der Waals surface area contributed by atoms with Gasteiger partial charge in [-0.2, -0.15) is 0 Å². The normalized spacial score (nSPS) is 40.3. The van der Waals surface area contributed by atoms with Crippen LogP contribution in [0.4, 0.5) is 0 Å². The highest BCUT2D eigenvalue weighted by atomic mass is 16.7. The molecule has 1 heterocycles. The van der Waals surface area contributed by atoms with Gasteiger partial charge >= 0.3 is 0 Å². The fourth-order valence-corrected chi connectivity index (χ4v) is 4.54. The van der Waals surface area contributed by atoms with Crippen molar-refractivity contribution in [2.45, 2.75) is 58.7 Å². The van der Waals surface area contributed by atoms with E-state index in [4.69, 9.17) is 9.47 Å². The molecule has 0 aromatic carbocycles. The second-order valence-corrected chi connectivity index (χ2v) is 6.85. The van der Waals surface area contributed by atoms with Crippen LogP contribution in [-0.4, -0.2) is 24.8 Å². The summed E-state index contributed by atoms with van der Waals surface area (Å²) in [6.45, 7) is 7.84. The highest BCUT2D eigenvalue weighted by Gasteiger charge is 2.66. The third kappa shape index (κ3) is 1.41. The number of hydrogen-bond donors (Lipinski definition) is 0. The Morgan fingerprint density at radius 3 is 2.56 bits per heavy atom. The maximum atomic E-state index is 12.4. The van der Waals surface area contributed by atoms with Crippen LogP contribution in [0.15, 0.2) is 0 Å². The number of ketones is 1.